The van der Waals surface area contributed by atoms with E-state index in [1.54, 1.807) is 24.1 Å². The maximum Gasteiger partial charge on any atom is 0.228 e. The first-order valence-electron chi connectivity index (χ1n) is 8.03. The zero-order valence-electron chi connectivity index (χ0n) is 13.6. The Morgan fingerprint density at radius 3 is 2.75 bits per heavy atom. The Balaban J connectivity index is 1.60. The van der Waals surface area contributed by atoms with E-state index in [0.717, 1.165) is 12.8 Å². The number of hydrogen-bond acceptors (Lipinski definition) is 5. The monoisotopic (exact) mass is 333 g/mol. The van der Waals surface area contributed by atoms with Crippen LogP contribution in [0.1, 0.15) is 18.7 Å². The van der Waals surface area contributed by atoms with Gasteiger partial charge < -0.3 is 14.2 Å². The van der Waals surface area contributed by atoms with Crippen molar-refractivity contribution in [2.24, 2.45) is 5.92 Å². The van der Waals surface area contributed by atoms with Crippen LogP contribution in [0.3, 0.4) is 0 Å². The highest BCUT2D eigenvalue weighted by atomic mass is 19.1. The number of ether oxygens (including phenoxy) is 1. The molecule has 0 radical (unpaired) electrons. The maximum absolute atomic E-state index is 13.0. The fraction of sp³-hybridized carbons (Fsp3) is 0.471. The molecule has 0 unspecified atom stereocenters. The smallest absolute Gasteiger partial charge is 0.228 e. The van der Waals surface area contributed by atoms with Crippen LogP contribution in [0.25, 0.3) is 11.4 Å². The van der Waals surface area contributed by atoms with Gasteiger partial charge in [-0.1, -0.05) is 5.16 Å². The minimum Gasteiger partial charge on any atom is -0.383 e. The molecule has 3 rings (SSSR count). The van der Waals surface area contributed by atoms with Crippen LogP contribution in [0.4, 0.5) is 4.39 Å². The summed E-state index contributed by atoms with van der Waals surface area (Å²) in [5.41, 5.74) is 0.691. The Kier molecular flexibility index (Phi) is 5.20. The molecule has 1 aromatic heterocycles. The van der Waals surface area contributed by atoms with E-state index in [1.807, 2.05) is 0 Å². The molecule has 1 aliphatic carbocycles. The SMILES string of the molecule is COCCN(CCc1nc(-c2ccc(F)cc2)no1)C(=O)C1CC1. The third-order valence-electron chi connectivity index (χ3n) is 3.97. The second-order valence-electron chi connectivity index (χ2n) is 5.86. The number of aromatic nitrogens is 2. The molecule has 2 aromatic rings. The topological polar surface area (TPSA) is 68.5 Å². The summed E-state index contributed by atoms with van der Waals surface area (Å²) in [5.74, 6) is 0.904. The van der Waals surface area contributed by atoms with Gasteiger partial charge in [0.1, 0.15) is 5.82 Å². The van der Waals surface area contributed by atoms with Gasteiger partial charge in [0.25, 0.3) is 0 Å². The second kappa shape index (κ2) is 7.53. The number of amides is 1. The van der Waals surface area contributed by atoms with Crippen molar-refractivity contribution in [3.8, 4) is 11.4 Å². The average molecular weight is 333 g/mol. The maximum atomic E-state index is 13.0. The van der Waals surface area contributed by atoms with Crippen LogP contribution in [0, 0.1) is 11.7 Å². The average Bonchev–Trinajstić information content (AvgIpc) is 3.34. The molecule has 1 aromatic carbocycles. The highest BCUT2D eigenvalue weighted by Crippen LogP contribution is 2.31. The lowest BCUT2D eigenvalue weighted by Crippen LogP contribution is -2.36. The number of nitrogens with zero attached hydrogens (tertiary/aromatic N) is 3. The molecule has 6 nitrogen and oxygen atoms in total. The highest BCUT2D eigenvalue weighted by Gasteiger charge is 2.33. The van der Waals surface area contributed by atoms with Crippen molar-refractivity contribution < 1.29 is 18.4 Å². The van der Waals surface area contributed by atoms with E-state index >= 15 is 0 Å². The van der Waals surface area contributed by atoms with Gasteiger partial charge in [0.15, 0.2) is 0 Å². The predicted octanol–water partition coefficient (Wildman–Crippen LogP) is 2.30. The lowest BCUT2D eigenvalue weighted by Gasteiger charge is -2.21. The van der Waals surface area contributed by atoms with Gasteiger partial charge in [-0.3, -0.25) is 4.79 Å². The molecule has 0 aliphatic heterocycles. The molecule has 0 saturated heterocycles. The molecule has 24 heavy (non-hydrogen) atoms. The first kappa shape index (κ1) is 16.6. The zero-order chi connectivity index (χ0) is 16.9. The number of methoxy groups -OCH3 is 1. The summed E-state index contributed by atoms with van der Waals surface area (Å²) in [4.78, 5) is 18.4. The Hall–Kier alpha value is -2.28. The number of carbonyl (C=O) groups is 1. The Labute approximate surface area is 139 Å². The first-order chi connectivity index (χ1) is 11.7. The molecule has 7 heteroatoms. The van der Waals surface area contributed by atoms with Crippen LogP contribution >= 0.6 is 0 Å². The number of benzene rings is 1. The van der Waals surface area contributed by atoms with Crippen molar-refractivity contribution in [3.63, 3.8) is 0 Å². The highest BCUT2D eigenvalue weighted by molar-refractivity contribution is 5.81. The van der Waals surface area contributed by atoms with Crippen molar-refractivity contribution in [1.82, 2.24) is 15.0 Å². The number of hydrogen-bond donors (Lipinski definition) is 0. The minimum atomic E-state index is -0.310. The summed E-state index contributed by atoms with van der Waals surface area (Å²) in [7, 11) is 1.62. The summed E-state index contributed by atoms with van der Waals surface area (Å²) < 4.78 is 23.3. The Morgan fingerprint density at radius 1 is 1.33 bits per heavy atom. The number of halogens is 1. The van der Waals surface area contributed by atoms with Crippen LogP contribution in [0.5, 0.6) is 0 Å². The number of carbonyl (C=O) groups excluding carboxylic acids is 1. The van der Waals surface area contributed by atoms with Gasteiger partial charge in [0, 0.05) is 38.1 Å². The fourth-order valence-corrected chi connectivity index (χ4v) is 2.43. The second-order valence-corrected chi connectivity index (χ2v) is 5.86. The molecule has 1 saturated carbocycles. The third kappa shape index (κ3) is 4.17. The molecule has 1 aliphatic rings. The summed E-state index contributed by atoms with van der Waals surface area (Å²) in [6.45, 7) is 1.58. The molecular weight excluding hydrogens is 313 g/mol. The van der Waals surface area contributed by atoms with Crippen LogP contribution in [-0.2, 0) is 16.0 Å². The zero-order valence-corrected chi connectivity index (χ0v) is 13.6. The largest absolute Gasteiger partial charge is 0.383 e. The Morgan fingerprint density at radius 2 is 2.08 bits per heavy atom. The quantitative estimate of drug-likeness (QED) is 0.741. The molecule has 0 N–H and O–H groups in total. The van der Waals surface area contributed by atoms with Gasteiger partial charge >= 0.3 is 0 Å². The van der Waals surface area contributed by atoms with Gasteiger partial charge in [0.2, 0.25) is 17.6 Å². The van der Waals surface area contributed by atoms with E-state index < -0.39 is 0 Å². The van der Waals surface area contributed by atoms with Crippen LogP contribution < -0.4 is 0 Å². The molecule has 128 valence electrons. The first-order valence-corrected chi connectivity index (χ1v) is 8.03. The van der Waals surface area contributed by atoms with Gasteiger partial charge in [-0.2, -0.15) is 4.98 Å². The van der Waals surface area contributed by atoms with E-state index in [2.05, 4.69) is 10.1 Å². The lowest BCUT2D eigenvalue weighted by molar-refractivity contribution is -0.133. The lowest BCUT2D eigenvalue weighted by atomic mass is 10.2. The van der Waals surface area contributed by atoms with Gasteiger partial charge in [-0.15, -0.1) is 0 Å². The fourth-order valence-electron chi connectivity index (χ4n) is 2.43. The van der Waals surface area contributed by atoms with E-state index in [9.17, 15) is 9.18 Å². The van der Waals surface area contributed by atoms with Crippen LogP contribution in [0.15, 0.2) is 28.8 Å². The normalized spacial score (nSPS) is 13.9. The molecule has 1 heterocycles. The van der Waals surface area contributed by atoms with Crippen LogP contribution in [-0.4, -0.2) is 47.8 Å². The van der Waals surface area contributed by atoms with Crippen molar-refractivity contribution in [1.29, 1.82) is 0 Å². The van der Waals surface area contributed by atoms with Gasteiger partial charge in [0.05, 0.1) is 6.61 Å². The molecule has 1 fully saturated rings. The number of rotatable bonds is 8. The standard InChI is InChI=1S/C17H20FN3O3/c1-23-11-10-21(17(22)13-2-3-13)9-8-15-19-16(20-24-15)12-4-6-14(18)7-5-12/h4-7,13H,2-3,8-11H2,1H3. The van der Waals surface area contributed by atoms with Crippen molar-refractivity contribution in [3.05, 3.63) is 36.0 Å². The van der Waals surface area contributed by atoms with Crippen molar-refractivity contribution in [2.45, 2.75) is 19.3 Å². The summed E-state index contributed by atoms with van der Waals surface area (Å²) in [5, 5.41) is 3.91. The minimum absolute atomic E-state index is 0.166. The molecule has 1 amide bonds. The Bertz CT molecular complexity index is 683. The molecule has 0 spiro atoms. The third-order valence-corrected chi connectivity index (χ3v) is 3.97. The predicted molar refractivity (Wildman–Crippen MR) is 84.6 cm³/mol. The van der Waals surface area contributed by atoms with Gasteiger partial charge in [-0.25, -0.2) is 4.39 Å². The van der Waals surface area contributed by atoms with E-state index in [0.29, 0.717) is 43.4 Å². The summed E-state index contributed by atoms with van der Waals surface area (Å²) in [6.07, 6.45) is 2.42. The van der Waals surface area contributed by atoms with Crippen molar-refractivity contribution in [2.75, 3.05) is 26.8 Å². The van der Waals surface area contributed by atoms with Crippen molar-refractivity contribution >= 4 is 5.91 Å². The van der Waals surface area contributed by atoms with Gasteiger partial charge in [-0.05, 0) is 37.1 Å². The van der Waals surface area contributed by atoms with E-state index in [1.165, 1.54) is 12.1 Å². The molecule has 0 bridgehead atoms. The van der Waals surface area contributed by atoms with E-state index in [4.69, 9.17) is 9.26 Å². The molecular formula is C17H20FN3O3. The van der Waals surface area contributed by atoms with E-state index in [-0.39, 0.29) is 17.6 Å². The summed E-state index contributed by atoms with van der Waals surface area (Å²) >= 11 is 0. The van der Waals surface area contributed by atoms with Crippen LogP contribution in [0.2, 0.25) is 0 Å². The molecule has 0 atom stereocenters. The summed E-state index contributed by atoms with van der Waals surface area (Å²) in [6, 6.07) is 5.91.